The molecule has 182 valence electrons. The topological polar surface area (TPSA) is 123 Å². The second-order valence-corrected chi connectivity index (χ2v) is 9.26. The van der Waals surface area contributed by atoms with Crippen molar-refractivity contribution in [2.24, 2.45) is 5.92 Å². The molecule has 34 heavy (non-hydrogen) atoms. The van der Waals surface area contributed by atoms with Gasteiger partial charge in [-0.2, -0.15) is 0 Å². The number of amides is 4. The number of aromatic nitrogens is 1. The Morgan fingerprint density at radius 2 is 1.79 bits per heavy atom. The van der Waals surface area contributed by atoms with Crippen LogP contribution in [0.3, 0.4) is 0 Å². The van der Waals surface area contributed by atoms with Crippen LogP contribution in [-0.4, -0.2) is 65.2 Å². The average Bonchev–Trinajstić information content (AvgIpc) is 3.60. The number of carbonyl (C=O) groups is 4. The molecule has 4 N–H and O–H groups in total. The van der Waals surface area contributed by atoms with Crippen LogP contribution >= 0.6 is 0 Å². The number of para-hydroxylation sites is 1. The van der Waals surface area contributed by atoms with E-state index in [4.69, 9.17) is 0 Å². The van der Waals surface area contributed by atoms with Crippen LogP contribution in [0, 0.1) is 5.92 Å². The molecule has 1 saturated heterocycles. The van der Waals surface area contributed by atoms with E-state index in [1.54, 1.807) is 6.92 Å². The number of carbonyl (C=O) groups excluding carboxylic acids is 4. The molecule has 0 bridgehead atoms. The summed E-state index contributed by atoms with van der Waals surface area (Å²) in [5.74, 6) is -0.693. The van der Waals surface area contributed by atoms with Crippen LogP contribution in [0.4, 0.5) is 0 Å². The van der Waals surface area contributed by atoms with Crippen LogP contribution in [0.2, 0.25) is 0 Å². The normalized spacial score (nSPS) is 23.4. The second-order valence-electron chi connectivity index (χ2n) is 9.26. The van der Waals surface area contributed by atoms with E-state index in [9.17, 15) is 19.2 Å². The molecule has 2 fully saturated rings. The maximum Gasteiger partial charge on any atom is 0.242 e. The van der Waals surface area contributed by atoms with Gasteiger partial charge < -0.3 is 25.8 Å². The minimum absolute atomic E-state index is 0.105. The molecule has 4 amide bonds. The summed E-state index contributed by atoms with van der Waals surface area (Å²) < 4.78 is 0. The first-order valence-electron chi connectivity index (χ1n) is 12.1. The molecule has 2 heterocycles. The fourth-order valence-corrected chi connectivity index (χ4v) is 4.36. The number of benzene rings is 1. The number of hydrogen-bond donors (Lipinski definition) is 4. The number of nitrogens with zero attached hydrogens (tertiary/aromatic N) is 1. The fraction of sp³-hybridized carbons (Fsp3) is 0.520. The second kappa shape index (κ2) is 10.7. The molecule has 0 radical (unpaired) electrons. The van der Waals surface area contributed by atoms with E-state index in [0.29, 0.717) is 38.9 Å². The van der Waals surface area contributed by atoms with Gasteiger partial charge in [0, 0.05) is 55.5 Å². The number of hydrogen-bond acceptors (Lipinski definition) is 4. The molecule has 1 aliphatic heterocycles. The largest absolute Gasteiger partial charge is 0.361 e. The van der Waals surface area contributed by atoms with Crippen molar-refractivity contribution in [3.8, 4) is 0 Å². The smallest absolute Gasteiger partial charge is 0.242 e. The summed E-state index contributed by atoms with van der Waals surface area (Å²) in [4.78, 5) is 55.9. The molecular formula is C25H33N5O4. The van der Waals surface area contributed by atoms with Crippen LogP contribution in [0.5, 0.6) is 0 Å². The van der Waals surface area contributed by atoms with E-state index < -0.39 is 18.0 Å². The molecule has 1 aliphatic carbocycles. The molecule has 2 aromatic rings. The first-order chi connectivity index (χ1) is 16.4. The molecule has 2 atom stereocenters. The SMILES string of the molecule is C[C@@H]1NC(=O)CCCN(C(=O)C2CC2)CCCNC(=O)[C@@H](Cc2c[nH]c3ccccc23)NC1=O. The van der Waals surface area contributed by atoms with Crippen molar-refractivity contribution >= 4 is 34.5 Å². The van der Waals surface area contributed by atoms with Crippen LogP contribution in [-0.2, 0) is 25.6 Å². The lowest BCUT2D eigenvalue weighted by molar-refractivity contribution is -0.133. The van der Waals surface area contributed by atoms with Gasteiger partial charge in [-0.25, -0.2) is 0 Å². The summed E-state index contributed by atoms with van der Waals surface area (Å²) >= 11 is 0. The van der Waals surface area contributed by atoms with Gasteiger partial charge in [0.1, 0.15) is 12.1 Å². The Labute approximate surface area is 199 Å². The highest BCUT2D eigenvalue weighted by molar-refractivity contribution is 5.92. The summed E-state index contributed by atoms with van der Waals surface area (Å²) in [6.45, 7) is 3.04. The Morgan fingerprint density at radius 1 is 1.03 bits per heavy atom. The summed E-state index contributed by atoms with van der Waals surface area (Å²) in [5.41, 5.74) is 1.88. The van der Waals surface area contributed by atoms with Crippen molar-refractivity contribution in [1.82, 2.24) is 25.8 Å². The number of nitrogens with one attached hydrogen (secondary N) is 4. The van der Waals surface area contributed by atoms with E-state index >= 15 is 0 Å². The molecule has 1 aromatic heterocycles. The number of rotatable bonds is 3. The molecule has 9 nitrogen and oxygen atoms in total. The van der Waals surface area contributed by atoms with Gasteiger partial charge >= 0.3 is 0 Å². The minimum atomic E-state index is -0.791. The number of aromatic amines is 1. The Bertz CT molecular complexity index is 1060. The lowest BCUT2D eigenvalue weighted by Crippen LogP contribution is -2.53. The first kappa shape index (κ1) is 23.8. The Balaban J connectivity index is 1.48. The predicted molar refractivity (Wildman–Crippen MR) is 128 cm³/mol. The molecule has 0 spiro atoms. The van der Waals surface area contributed by atoms with E-state index in [-0.39, 0.29) is 30.1 Å². The molecule has 1 aromatic carbocycles. The third kappa shape index (κ3) is 5.95. The van der Waals surface area contributed by atoms with Gasteiger partial charge in [-0.1, -0.05) is 18.2 Å². The number of fused-ring (bicyclic) bond motifs is 1. The van der Waals surface area contributed by atoms with Crippen LogP contribution < -0.4 is 16.0 Å². The van der Waals surface area contributed by atoms with Gasteiger partial charge in [0.05, 0.1) is 0 Å². The van der Waals surface area contributed by atoms with Gasteiger partial charge in [0.2, 0.25) is 23.6 Å². The minimum Gasteiger partial charge on any atom is -0.361 e. The van der Waals surface area contributed by atoms with Gasteiger partial charge in [0.15, 0.2) is 0 Å². The Hall–Kier alpha value is -3.36. The van der Waals surface area contributed by atoms with Crippen molar-refractivity contribution in [3.63, 3.8) is 0 Å². The predicted octanol–water partition coefficient (Wildman–Crippen LogP) is 1.24. The van der Waals surface area contributed by atoms with Crippen molar-refractivity contribution in [1.29, 1.82) is 0 Å². The van der Waals surface area contributed by atoms with Crippen LogP contribution in [0.15, 0.2) is 30.5 Å². The zero-order valence-corrected chi connectivity index (χ0v) is 19.6. The van der Waals surface area contributed by atoms with E-state index in [1.165, 1.54) is 0 Å². The van der Waals surface area contributed by atoms with Crippen molar-refractivity contribution in [2.75, 3.05) is 19.6 Å². The first-order valence-corrected chi connectivity index (χ1v) is 12.1. The zero-order chi connectivity index (χ0) is 24.1. The Morgan fingerprint density at radius 3 is 2.59 bits per heavy atom. The zero-order valence-electron chi connectivity index (χ0n) is 19.6. The van der Waals surface area contributed by atoms with Crippen molar-refractivity contribution in [2.45, 2.75) is 57.5 Å². The summed E-state index contributed by atoms with van der Waals surface area (Å²) in [6.07, 6.45) is 5.40. The highest BCUT2D eigenvalue weighted by Gasteiger charge is 2.33. The maximum atomic E-state index is 13.1. The molecule has 2 aliphatic rings. The number of H-pyrrole nitrogens is 1. The highest BCUT2D eigenvalue weighted by Crippen LogP contribution is 2.31. The lowest BCUT2D eigenvalue weighted by Gasteiger charge is -2.23. The summed E-state index contributed by atoms with van der Waals surface area (Å²) in [7, 11) is 0. The van der Waals surface area contributed by atoms with Crippen LogP contribution in [0.25, 0.3) is 10.9 Å². The van der Waals surface area contributed by atoms with Gasteiger partial charge in [-0.3, -0.25) is 19.2 Å². The molecule has 0 unspecified atom stereocenters. The average molecular weight is 468 g/mol. The molecule has 1 saturated carbocycles. The standard InChI is InChI=1S/C25H33N5O4/c1-16-23(32)29-21(14-18-15-27-20-7-3-2-6-19(18)20)24(33)26-11-5-13-30(25(34)17-9-10-17)12-4-8-22(31)28-16/h2-3,6-7,15-17,21,27H,4-5,8-14H2,1H3,(H,26,33)(H,28,31)(H,29,32)/t16-,21+/m0/s1. The summed E-state index contributed by atoms with van der Waals surface area (Å²) in [6, 6.07) is 6.23. The molecule has 9 heteroatoms. The third-order valence-corrected chi connectivity index (χ3v) is 6.48. The monoisotopic (exact) mass is 467 g/mol. The quantitative estimate of drug-likeness (QED) is 0.542. The Kier molecular flexibility index (Phi) is 7.49. The van der Waals surface area contributed by atoms with Gasteiger partial charge in [0.25, 0.3) is 0 Å². The fourth-order valence-electron chi connectivity index (χ4n) is 4.36. The highest BCUT2D eigenvalue weighted by atomic mass is 16.2. The lowest BCUT2D eigenvalue weighted by atomic mass is 10.0. The van der Waals surface area contributed by atoms with E-state index in [2.05, 4.69) is 20.9 Å². The van der Waals surface area contributed by atoms with Gasteiger partial charge in [-0.05, 0) is 44.2 Å². The van der Waals surface area contributed by atoms with Crippen molar-refractivity contribution in [3.05, 3.63) is 36.0 Å². The van der Waals surface area contributed by atoms with E-state index in [0.717, 1.165) is 29.3 Å². The van der Waals surface area contributed by atoms with Gasteiger partial charge in [-0.15, -0.1) is 0 Å². The molecular weight excluding hydrogens is 434 g/mol. The third-order valence-electron chi connectivity index (χ3n) is 6.48. The van der Waals surface area contributed by atoms with Crippen molar-refractivity contribution < 1.29 is 19.2 Å². The summed E-state index contributed by atoms with van der Waals surface area (Å²) in [5, 5.41) is 9.44. The molecule has 4 rings (SSSR count). The van der Waals surface area contributed by atoms with Crippen LogP contribution in [0.1, 0.15) is 44.6 Å². The maximum absolute atomic E-state index is 13.1. The van der Waals surface area contributed by atoms with E-state index in [1.807, 2.05) is 35.4 Å².